The molecule has 1 saturated heterocycles. The zero-order chi connectivity index (χ0) is 13.5. The first-order valence-corrected chi connectivity index (χ1v) is 6.94. The van der Waals surface area contributed by atoms with Crippen molar-refractivity contribution in [3.63, 3.8) is 0 Å². The molecule has 2 amide bonds. The van der Waals surface area contributed by atoms with Gasteiger partial charge in [-0.3, -0.25) is 14.4 Å². The Balaban J connectivity index is 2.21. The second-order valence-corrected chi connectivity index (χ2v) is 5.15. The lowest BCUT2D eigenvalue weighted by molar-refractivity contribution is -0.141. The highest BCUT2D eigenvalue weighted by atomic mass is 32.2. The summed E-state index contributed by atoms with van der Waals surface area (Å²) in [6.45, 7) is 3.00. The second-order valence-electron chi connectivity index (χ2n) is 4.10. The number of hydrogen-bond acceptors (Lipinski definition) is 4. The predicted octanol–water partition coefficient (Wildman–Crippen LogP) is 0.772. The molecule has 0 aromatic rings. The van der Waals surface area contributed by atoms with Crippen molar-refractivity contribution in [2.24, 2.45) is 5.92 Å². The van der Waals surface area contributed by atoms with Crippen molar-refractivity contribution >= 4 is 28.9 Å². The average molecular weight is 274 g/mol. The molecular weight excluding hydrogens is 256 g/mol. The summed E-state index contributed by atoms with van der Waals surface area (Å²) in [7, 11) is 0. The van der Waals surface area contributed by atoms with E-state index in [-0.39, 0.29) is 24.1 Å². The average Bonchev–Trinajstić information content (AvgIpc) is 2.72. The van der Waals surface area contributed by atoms with Gasteiger partial charge in [0.15, 0.2) is 0 Å². The molecule has 0 spiro atoms. The van der Waals surface area contributed by atoms with E-state index >= 15 is 0 Å². The van der Waals surface area contributed by atoms with Crippen LogP contribution in [0.15, 0.2) is 0 Å². The van der Waals surface area contributed by atoms with E-state index in [1.807, 2.05) is 0 Å². The maximum Gasteiger partial charge on any atom is 0.308 e. The van der Waals surface area contributed by atoms with Crippen LogP contribution in [-0.4, -0.2) is 52.5 Å². The monoisotopic (exact) mass is 274 g/mol. The van der Waals surface area contributed by atoms with Crippen LogP contribution in [-0.2, 0) is 9.59 Å². The van der Waals surface area contributed by atoms with Crippen LogP contribution in [0.25, 0.3) is 0 Å². The van der Waals surface area contributed by atoms with Crippen molar-refractivity contribution in [1.82, 2.24) is 10.2 Å². The SMILES string of the molecule is CCC(CNC(=O)CCN1CCSC1=O)C(=O)O. The number of nitrogens with one attached hydrogen (secondary N) is 1. The zero-order valence-electron chi connectivity index (χ0n) is 10.3. The zero-order valence-corrected chi connectivity index (χ0v) is 11.2. The highest BCUT2D eigenvalue weighted by Crippen LogP contribution is 2.16. The van der Waals surface area contributed by atoms with E-state index in [2.05, 4.69) is 5.32 Å². The van der Waals surface area contributed by atoms with Crippen molar-refractivity contribution < 1.29 is 19.5 Å². The molecule has 1 unspecified atom stereocenters. The van der Waals surface area contributed by atoms with Gasteiger partial charge < -0.3 is 15.3 Å². The van der Waals surface area contributed by atoms with Gasteiger partial charge in [-0.1, -0.05) is 18.7 Å². The van der Waals surface area contributed by atoms with Gasteiger partial charge in [0.1, 0.15) is 0 Å². The molecule has 0 aromatic carbocycles. The number of hydrogen-bond donors (Lipinski definition) is 2. The Morgan fingerprint density at radius 3 is 2.78 bits per heavy atom. The Hall–Kier alpha value is -1.24. The highest BCUT2D eigenvalue weighted by Gasteiger charge is 2.21. The summed E-state index contributed by atoms with van der Waals surface area (Å²) < 4.78 is 0. The Labute approximate surface area is 110 Å². The number of carboxylic acids is 1. The minimum Gasteiger partial charge on any atom is -0.481 e. The molecular formula is C11H18N2O4S. The Kier molecular flexibility index (Phi) is 5.97. The standard InChI is InChI=1S/C11H18N2O4S/c1-2-8(10(15)16)7-12-9(14)3-4-13-5-6-18-11(13)17/h8H,2-7H2,1H3,(H,12,14)(H,15,16). The smallest absolute Gasteiger partial charge is 0.308 e. The van der Waals surface area contributed by atoms with Crippen molar-refractivity contribution in [3.05, 3.63) is 0 Å². The largest absolute Gasteiger partial charge is 0.481 e. The van der Waals surface area contributed by atoms with Gasteiger partial charge in [-0.15, -0.1) is 0 Å². The van der Waals surface area contributed by atoms with E-state index in [4.69, 9.17) is 5.11 Å². The summed E-state index contributed by atoms with van der Waals surface area (Å²) in [6, 6.07) is 0. The fourth-order valence-corrected chi connectivity index (χ4v) is 2.45. The molecule has 1 aliphatic heterocycles. The minimum atomic E-state index is -0.899. The predicted molar refractivity (Wildman–Crippen MR) is 68.5 cm³/mol. The van der Waals surface area contributed by atoms with Crippen molar-refractivity contribution in [1.29, 1.82) is 0 Å². The maximum absolute atomic E-state index is 11.5. The number of carbonyl (C=O) groups excluding carboxylic acids is 2. The molecule has 0 aliphatic carbocycles. The number of nitrogens with zero attached hydrogens (tertiary/aromatic N) is 1. The molecule has 1 aliphatic rings. The normalized spacial score (nSPS) is 16.7. The molecule has 1 fully saturated rings. The maximum atomic E-state index is 11.5. The molecule has 6 nitrogen and oxygen atoms in total. The number of carboxylic acid groups (broad SMARTS) is 1. The van der Waals surface area contributed by atoms with Crippen LogP contribution in [0, 0.1) is 5.92 Å². The lowest BCUT2D eigenvalue weighted by Gasteiger charge is -2.15. The van der Waals surface area contributed by atoms with Crippen LogP contribution in [0.3, 0.4) is 0 Å². The summed E-state index contributed by atoms with van der Waals surface area (Å²) in [5.41, 5.74) is 0. The molecule has 1 rings (SSSR count). The summed E-state index contributed by atoms with van der Waals surface area (Å²) in [4.78, 5) is 35.2. The number of aliphatic carboxylic acids is 1. The van der Waals surface area contributed by atoms with E-state index in [0.717, 1.165) is 5.75 Å². The summed E-state index contributed by atoms with van der Waals surface area (Å²) in [6.07, 6.45) is 0.708. The van der Waals surface area contributed by atoms with Crippen LogP contribution in [0.5, 0.6) is 0 Å². The molecule has 102 valence electrons. The van der Waals surface area contributed by atoms with E-state index in [1.165, 1.54) is 11.8 Å². The third kappa shape index (κ3) is 4.56. The van der Waals surface area contributed by atoms with Crippen LogP contribution >= 0.6 is 11.8 Å². The van der Waals surface area contributed by atoms with Gasteiger partial charge in [0.2, 0.25) is 5.91 Å². The first-order chi connectivity index (χ1) is 8.54. The van der Waals surface area contributed by atoms with Crippen LogP contribution in [0.1, 0.15) is 19.8 Å². The topological polar surface area (TPSA) is 86.7 Å². The van der Waals surface area contributed by atoms with Gasteiger partial charge in [-0.25, -0.2) is 0 Å². The van der Waals surface area contributed by atoms with Crippen molar-refractivity contribution in [2.45, 2.75) is 19.8 Å². The lowest BCUT2D eigenvalue weighted by Crippen LogP contribution is -2.35. The first-order valence-electron chi connectivity index (χ1n) is 5.95. The van der Waals surface area contributed by atoms with Crippen molar-refractivity contribution in [2.75, 3.05) is 25.4 Å². The molecule has 0 saturated carbocycles. The van der Waals surface area contributed by atoms with Gasteiger partial charge >= 0.3 is 5.97 Å². The Morgan fingerprint density at radius 1 is 1.56 bits per heavy atom. The first kappa shape index (κ1) is 14.8. The molecule has 7 heteroatoms. The van der Waals surface area contributed by atoms with E-state index in [1.54, 1.807) is 11.8 Å². The fraction of sp³-hybridized carbons (Fsp3) is 0.727. The molecule has 1 atom stereocenters. The molecule has 18 heavy (non-hydrogen) atoms. The van der Waals surface area contributed by atoms with Crippen LogP contribution in [0.2, 0.25) is 0 Å². The molecule has 0 aromatic heterocycles. The molecule has 0 radical (unpaired) electrons. The van der Waals surface area contributed by atoms with Gasteiger partial charge in [-0.2, -0.15) is 0 Å². The van der Waals surface area contributed by atoms with Crippen molar-refractivity contribution in [3.8, 4) is 0 Å². The minimum absolute atomic E-state index is 0.0137. The van der Waals surface area contributed by atoms with E-state index < -0.39 is 11.9 Å². The number of amides is 2. The summed E-state index contributed by atoms with van der Waals surface area (Å²) >= 11 is 1.26. The third-order valence-corrected chi connectivity index (χ3v) is 3.73. The highest BCUT2D eigenvalue weighted by molar-refractivity contribution is 8.13. The Morgan fingerprint density at radius 2 is 2.28 bits per heavy atom. The third-order valence-electron chi connectivity index (χ3n) is 2.84. The van der Waals surface area contributed by atoms with E-state index in [9.17, 15) is 14.4 Å². The number of thioether (sulfide) groups is 1. The quantitative estimate of drug-likeness (QED) is 0.716. The lowest BCUT2D eigenvalue weighted by atomic mass is 10.1. The molecule has 2 N–H and O–H groups in total. The molecule has 0 bridgehead atoms. The summed E-state index contributed by atoms with van der Waals surface area (Å²) in [5, 5.41) is 11.4. The van der Waals surface area contributed by atoms with Gasteiger partial charge in [0.25, 0.3) is 5.24 Å². The number of carbonyl (C=O) groups is 3. The van der Waals surface area contributed by atoms with Gasteiger partial charge in [-0.05, 0) is 6.42 Å². The molecule has 1 heterocycles. The Bertz CT molecular complexity index is 327. The van der Waals surface area contributed by atoms with Crippen LogP contribution in [0.4, 0.5) is 4.79 Å². The van der Waals surface area contributed by atoms with E-state index in [0.29, 0.717) is 19.5 Å². The summed E-state index contributed by atoms with van der Waals surface area (Å²) in [5.74, 6) is -0.876. The van der Waals surface area contributed by atoms with Gasteiger partial charge in [0, 0.05) is 31.8 Å². The van der Waals surface area contributed by atoms with Crippen LogP contribution < -0.4 is 5.32 Å². The second kappa shape index (κ2) is 7.25. The van der Waals surface area contributed by atoms with Gasteiger partial charge in [0.05, 0.1) is 5.92 Å². The fourth-order valence-electron chi connectivity index (χ4n) is 1.60. The number of rotatable bonds is 7.